The van der Waals surface area contributed by atoms with Crippen LogP contribution in [0.5, 0.6) is 5.75 Å². The molecule has 9 rings (SSSR count). The van der Waals surface area contributed by atoms with Crippen molar-refractivity contribution in [1.29, 1.82) is 0 Å². The van der Waals surface area contributed by atoms with Gasteiger partial charge in [0.1, 0.15) is 5.75 Å². The van der Waals surface area contributed by atoms with E-state index in [1.807, 2.05) is 42.2 Å². The molecule has 0 fully saturated rings. The molecule has 1 aliphatic heterocycles. The number of benzene rings is 6. The first kappa shape index (κ1) is 36.0. The lowest BCUT2D eigenvalue weighted by molar-refractivity contribution is 0.477. The maximum absolute atomic E-state index is 11.3. The van der Waals surface area contributed by atoms with Crippen LogP contribution in [0.2, 0.25) is 0 Å². The Balaban J connectivity index is 1.40. The molecular weight excluding hydrogens is 701 g/mol. The Bertz CT molecular complexity index is 2750. The van der Waals surface area contributed by atoms with Crippen molar-refractivity contribution in [1.82, 2.24) is 9.97 Å². The Morgan fingerprint density at radius 1 is 0.625 bits per heavy atom. The second kappa shape index (κ2) is 13.5. The van der Waals surface area contributed by atoms with Gasteiger partial charge in [-0.05, 0) is 110 Å². The molecule has 1 aliphatic rings. The SMILES string of the molecule is CCC(C)(C)c1cc(-c2cc(-c3ccccc3O)nc3c2ccc2ccc(C4(c5ccccn5)c5ccccc5Sc5ccccc54)cc23)cc(C(C)(C)C)c1. The molecule has 0 saturated carbocycles. The number of fused-ring (bicyclic) bond motifs is 5. The molecule has 0 unspecified atom stereocenters. The third kappa shape index (κ3) is 5.81. The summed E-state index contributed by atoms with van der Waals surface area (Å²) in [6, 6.07) is 52.0. The van der Waals surface area contributed by atoms with E-state index in [9.17, 15) is 5.11 Å². The molecule has 3 nitrogen and oxygen atoms in total. The van der Waals surface area contributed by atoms with E-state index in [1.54, 1.807) is 6.07 Å². The van der Waals surface area contributed by atoms with Gasteiger partial charge in [-0.3, -0.25) is 4.98 Å². The van der Waals surface area contributed by atoms with Crippen molar-refractivity contribution in [3.05, 3.63) is 185 Å². The maximum atomic E-state index is 11.3. The summed E-state index contributed by atoms with van der Waals surface area (Å²) in [5, 5.41) is 14.5. The van der Waals surface area contributed by atoms with Gasteiger partial charge in [-0.2, -0.15) is 0 Å². The Morgan fingerprint density at radius 2 is 1.29 bits per heavy atom. The quantitative estimate of drug-likeness (QED) is 0.172. The predicted octanol–water partition coefficient (Wildman–Crippen LogP) is 13.7. The first-order valence-corrected chi connectivity index (χ1v) is 20.4. The van der Waals surface area contributed by atoms with Gasteiger partial charge in [0.2, 0.25) is 0 Å². The van der Waals surface area contributed by atoms with Crippen LogP contribution in [0.25, 0.3) is 44.1 Å². The molecule has 3 heterocycles. The van der Waals surface area contributed by atoms with Gasteiger partial charge in [-0.1, -0.05) is 150 Å². The number of para-hydroxylation sites is 1. The van der Waals surface area contributed by atoms with Crippen LogP contribution in [0.3, 0.4) is 0 Å². The van der Waals surface area contributed by atoms with Crippen LogP contribution in [-0.4, -0.2) is 15.1 Å². The number of phenols is 1. The standard InChI is InChI=1S/C52H46N2OS/c1-7-51(5,6)37-29-34(28-36(30-37)50(2,3)4)40-32-44(39-16-8-11-19-45(39)55)54-49-38(40)26-24-33-23-25-35(31-41(33)49)52(48-22-14-15-27-53-48)42-17-9-12-20-46(42)56-47-21-13-10-18-43(47)52/h8-32,55H,7H2,1-6H3. The van der Waals surface area contributed by atoms with Crippen molar-refractivity contribution in [2.45, 2.75) is 74.0 Å². The maximum Gasteiger partial charge on any atom is 0.124 e. The van der Waals surface area contributed by atoms with Gasteiger partial charge in [0, 0.05) is 32.3 Å². The fourth-order valence-electron chi connectivity index (χ4n) is 8.43. The largest absolute Gasteiger partial charge is 0.507 e. The molecule has 0 spiro atoms. The number of hydrogen-bond acceptors (Lipinski definition) is 4. The lowest BCUT2D eigenvalue weighted by atomic mass is 9.66. The molecule has 276 valence electrons. The highest BCUT2D eigenvalue weighted by Gasteiger charge is 2.45. The van der Waals surface area contributed by atoms with Crippen molar-refractivity contribution in [3.63, 3.8) is 0 Å². The molecule has 0 atom stereocenters. The highest BCUT2D eigenvalue weighted by molar-refractivity contribution is 7.99. The fraction of sp³-hybridized carbons (Fsp3) is 0.192. The molecule has 0 bridgehead atoms. The van der Waals surface area contributed by atoms with Crippen molar-refractivity contribution in [2.24, 2.45) is 0 Å². The molecule has 0 aliphatic carbocycles. The van der Waals surface area contributed by atoms with Crippen LogP contribution in [0.1, 0.15) is 81.5 Å². The van der Waals surface area contributed by atoms with E-state index in [1.165, 1.54) is 32.0 Å². The summed E-state index contributed by atoms with van der Waals surface area (Å²) in [5.74, 6) is 0.212. The lowest BCUT2D eigenvalue weighted by Gasteiger charge is -2.41. The molecule has 56 heavy (non-hydrogen) atoms. The lowest BCUT2D eigenvalue weighted by Crippen LogP contribution is -2.34. The minimum atomic E-state index is -0.671. The van der Waals surface area contributed by atoms with Crippen LogP contribution in [0.4, 0.5) is 0 Å². The van der Waals surface area contributed by atoms with Crippen molar-refractivity contribution in [2.75, 3.05) is 0 Å². The summed E-state index contributed by atoms with van der Waals surface area (Å²) in [5.41, 5.74) is 11.1. The average molecular weight is 747 g/mol. The monoisotopic (exact) mass is 746 g/mol. The van der Waals surface area contributed by atoms with E-state index in [4.69, 9.17) is 9.97 Å². The van der Waals surface area contributed by atoms with E-state index in [-0.39, 0.29) is 16.6 Å². The number of nitrogens with zero attached hydrogens (tertiary/aromatic N) is 2. The van der Waals surface area contributed by atoms with Gasteiger partial charge < -0.3 is 5.11 Å². The Labute approximate surface area is 334 Å². The number of pyridine rings is 2. The fourth-order valence-corrected chi connectivity index (χ4v) is 9.63. The van der Waals surface area contributed by atoms with Crippen LogP contribution in [0.15, 0.2) is 162 Å². The average Bonchev–Trinajstić information content (AvgIpc) is 3.22. The normalized spacial score (nSPS) is 13.8. The molecule has 6 aromatic carbocycles. The van der Waals surface area contributed by atoms with Gasteiger partial charge in [0.15, 0.2) is 0 Å². The van der Waals surface area contributed by atoms with Crippen LogP contribution in [-0.2, 0) is 16.2 Å². The van der Waals surface area contributed by atoms with Gasteiger partial charge in [-0.25, -0.2) is 4.98 Å². The molecule has 4 heteroatoms. The summed E-state index contributed by atoms with van der Waals surface area (Å²) < 4.78 is 0. The summed E-state index contributed by atoms with van der Waals surface area (Å²) in [7, 11) is 0. The number of rotatable bonds is 6. The zero-order valence-electron chi connectivity index (χ0n) is 32.9. The molecule has 8 aromatic rings. The van der Waals surface area contributed by atoms with E-state index < -0.39 is 5.41 Å². The first-order valence-electron chi connectivity index (χ1n) is 19.6. The third-order valence-corrected chi connectivity index (χ3v) is 13.2. The molecule has 2 aromatic heterocycles. The molecule has 0 radical (unpaired) electrons. The van der Waals surface area contributed by atoms with Gasteiger partial charge in [0.25, 0.3) is 0 Å². The topological polar surface area (TPSA) is 46.0 Å². The number of aromatic nitrogens is 2. The molecule has 0 amide bonds. The minimum absolute atomic E-state index is 0.00831. The molecule has 1 N–H and O–H groups in total. The van der Waals surface area contributed by atoms with Crippen molar-refractivity contribution in [3.8, 4) is 28.1 Å². The highest BCUT2D eigenvalue weighted by Crippen LogP contribution is 2.55. The highest BCUT2D eigenvalue weighted by atomic mass is 32.2. The Hall–Kier alpha value is -5.71. The van der Waals surface area contributed by atoms with Crippen molar-refractivity contribution < 1.29 is 5.11 Å². The third-order valence-electron chi connectivity index (χ3n) is 12.0. The molecular formula is C52H46N2OS. The molecule has 0 saturated heterocycles. The van der Waals surface area contributed by atoms with Gasteiger partial charge >= 0.3 is 0 Å². The Morgan fingerprint density at radius 3 is 1.96 bits per heavy atom. The van der Waals surface area contributed by atoms with E-state index in [2.05, 4.69) is 157 Å². The van der Waals surface area contributed by atoms with Gasteiger partial charge in [-0.15, -0.1) is 0 Å². The summed E-state index contributed by atoms with van der Waals surface area (Å²) in [6.45, 7) is 13.8. The number of hydrogen-bond donors (Lipinski definition) is 1. The smallest absolute Gasteiger partial charge is 0.124 e. The van der Waals surface area contributed by atoms with E-state index in [0.717, 1.165) is 56.2 Å². The van der Waals surface area contributed by atoms with E-state index in [0.29, 0.717) is 5.56 Å². The van der Waals surface area contributed by atoms with Crippen LogP contribution >= 0.6 is 11.8 Å². The number of phenolic OH excluding ortho intramolecular Hbond substituents is 1. The van der Waals surface area contributed by atoms with Gasteiger partial charge in [0.05, 0.1) is 22.3 Å². The second-order valence-electron chi connectivity index (χ2n) is 16.8. The zero-order valence-corrected chi connectivity index (χ0v) is 33.7. The summed E-state index contributed by atoms with van der Waals surface area (Å²) >= 11 is 1.82. The predicted molar refractivity (Wildman–Crippen MR) is 234 cm³/mol. The van der Waals surface area contributed by atoms with Crippen LogP contribution < -0.4 is 0 Å². The van der Waals surface area contributed by atoms with E-state index >= 15 is 0 Å². The minimum Gasteiger partial charge on any atom is -0.507 e. The van der Waals surface area contributed by atoms with Crippen LogP contribution in [0, 0.1) is 0 Å². The summed E-state index contributed by atoms with van der Waals surface area (Å²) in [6.07, 6.45) is 2.93. The number of aromatic hydroxyl groups is 1. The second-order valence-corrected chi connectivity index (χ2v) is 17.9. The first-order chi connectivity index (χ1) is 27.0. The zero-order chi connectivity index (χ0) is 38.8. The van der Waals surface area contributed by atoms with Crippen molar-refractivity contribution >= 4 is 33.4 Å². The Kier molecular flexibility index (Phi) is 8.67. The summed E-state index contributed by atoms with van der Waals surface area (Å²) in [4.78, 5) is 13.0.